The van der Waals surface area contributed by atoms with Gasteiger partial charge in [-0.15, -0.1) is 0 Å². The Morgan fingerprint density at radius 1 is 1.13 bits per heavy atom. The van der Waals surface area contributed by atoms with E-state index in [0.29, 0.717) is 48.3 Å². The van der Waals surface area contributed by atoms with Gasteiger partial charge in [-0.1, -0.05) is 0 Å². The van der Waals surface area contributed by atoms with Gasteiger partial charge in [0, 0.05) is 37.2 Å². The number of halogens is 4. The van der Waals surface area contributed by atoms with Crippen LogP contribution in [-0.4, -0.2) is 30.9 Å². The monoisotopic (exact) mass is 527 g/mol. The first-order chi connectivity index (χ1) is 18.1. The summed E-state index contributed by atoms with van der Waals surface area (Å²) in [6.07, 6.45) is 3.97. The average Bonchev–Trinajstić information content (AvgIpc) is 3.62. The number of hydrogen-bond acceptors (Lipinski definition) is 5. The molecule has 2 fully saturated rings. The molecule has 2 aliphatic rings. The zero-order valence-corrected chi connectivity index (χ0v) is 20.8. The van der Waals surface area contributed by atoms with Crippen LogP contribution in [0.1, 0.15) is 66.3 Å². The van der Waals surface area contributed by atoms with Crippen LogP contribution in [-0.2, 0) is 18.0 Å². The van der Waals surface area contributed by atoms with Crippen LogP contribution in [0, 0.1) is 12.7 Å². The smallest absolute Gasteiger partial charge is 0.373 e. The molecule has 198 valence electrons. The Hall–Kier alpha value is -3.60. The molecule has 4 aromatic rings. The van der Waals surface area contributed by atoms with E-state index in [-0.39, 0.29) is 34.4 Å². The van der Waals surface area contributed by atoms with E-state index in [1.165, 1.54) is 10.8 Å². The van der Waals surface area contributed by atoms with E-state index in [0.717, 1.165) is 30.5 Å². The van der Waals surface area contributed by atoms with Gasteiger partial charge in [0.2, 0.25) is 0 Å². The van der Waals surface area contributed by atoms with E-state index in [9.17, 15) is 22.4 Å². The van der Waals surface area contributed by atoms with Crippen molar-refractivity contribution < 1.29 is 22.3 Å². The lowest BCUT2D eigenvalue weighted by atomic mass is 9.85. The average molecular weight is 528 g/mol. The summed E-state index contributed by atoms with van der Waals surface area (Å²) in [5.41, 5.74) is 0.292. The SMILES string of the molecule is Cc1nc2c(-c3ccc(C(F)(F)F)cc3F)ncc(C3CCOC(c4cnn(C5CC5)c4)C3)c2c(=O)n1C. The number of pyridine rings is 1. The van der Waals surface area contributed by atoms with Gasteiger partial charge in [0.15, 0.2) is 0 Å². The van der Waals surface area contributed by atoms with Crippen molar-refractivity contribution in [1.82, 2.24) is 24.3 Å². The molecule has 0 bridgehead atoms. The Morgan fingerprint density at radius 3 is 2.63 bits per heavy atom. The molecule has 1 aliphatic carbocycles. The van der Waals surface area contributed by atoms with Crippen LogP contribution in [0.25, 0.3) is 22.2 Å². The lowest BCUT2D eigenvalue weighted by Gasteiger charge is -2.30. The molecule has 2 atom stereocenters. The Labute approximate surface area is 215 Å². The Morgan fingerprint density at radius 2 is 1.92 bits per heavy atom. The Bertz CT molecular complexity index is 1610. The molecular formula is C27H25F4N5O2. The number of fused-ring (bicyclic) bond motifs is 1. The highest BCUT2D eigenvalue weighted by atomic mass is 19.4. The first kappa shape index (κ1) is 24.7. The molecule has 38 heavy (non-hydrogen) atoms. The number of ether oxygens (including phenoxy) is 1. The van der Waals surface area contributed by atoms with Crippen molar-refractivity contribution in [3.05, 3.63) is 75.5 Å². The van der Waals surface area contributed by atoms with Crippen LogP contribution in [0.5, 0.6) is 0 Å². The van der Waals surface area contributed by atoms with E-state index in [4.69, 9.17) is 4.74 Å². The molecule has 0 amide bonds. The molecule has 0 radical (unpaired) electrons. The highest BCUT2D eigenvalue weighted by Gasteiger charge is 2.33. The van der Waals surface area contributed by atoms with Gasteiger partial charge in [0.25, 0.3) is 5.56 Å². The van der Waals surface area contributed by atoms with E-state index in [1.54, 1.807) is 14.0 Å². The summed E-state index contributed by atoms with van der Waals surface area (Å²) in [5, 5.41) is 4.76. The topological polar surface area (TPSA) is 74.8 Å². The van der Waals surface area contributed by atoms with Crippen LogP contribution in [0.15, 0.2) is 41.6 Å². The number of benzene rings is 1. The standard InChI is InChI=1S/C27H25F4N5O2/c1-14-34-25-23(26(37)35(14)2)20(12-32-24(25)19-6-3-17(10-21(19)28)27(29,30)31)15-7-8-38-22(9-15)16-11-33-36(13-16)18-4-5-18/h3,6,10-13,15,18,22H,4-5,7-9H2,1-2H3. The van der Waals surface area contributed by atoms with Gasteiger partial charge in [-0.05, 0) is 62.3 Å². The molecule has 1 aromatic carbocycles. The van der Waals surface area contributed by atoms with E-state index in [1.807, 2.05) is 17.1 Å². The lowest BCUT2D eigenvalue weighted by molar-refractivity contribution is -0.137. The third-order valence-electron chi connectivity index (χ3n) is 7.55. The van der Waals surface area contributed by atoms with Crippen molar-refractivity contribution in [3.8, 4) is 11.3 Å². The lowest BCUT2D eigenvalue weighted by Crippen LogP contribution is -2.25. The van der Waals surface area contributed by atoms with Gasteiger partial charge in [-0.25, -0.2) is 9.37 Å². The zero-order chi connectivity index (χ0) is 26.8. The predicted molar refractivity (Wildman–Crippen MR) is 131 cm³/mol. The molecular weight excluding hydrogens is 502 g/mol. The zero-order valence-electron chi connectivity index (χ0n) is 20.8. The largest absolute Gasteiger partial charge is 0.416 e. The molecule has 2 unspecified atom stereocenters. The molecule has 11 heteroatoms. The number of hydrogen-bond donors (Lipinski definition) is 0. The van der Waals surface area contributed by atoms with Crippen molar-refractivity contribution in [2.45, 2.75) is 56.8 Å². The summed E-state index contributed by atoms with van der Waals surface area (Å²) < 4.78 is 63.7. The maximum atomic E-state index is 15.0. The molecule has 4 heterocycles. The van der Waals surface area contributed by atoms with Crippen LogP contribution in [0.2, 0.25) is 0 Å². The molecule has 1 saturated heterocycles. The van der Waals surface area contributed by atoms with E-state index < -0.39 is 17.6 Å². The van der Waals surface area contributed by atoms with Gasteiger partial charge < -0.3 is 4.74 Å². The van der Waals surface area contributed by atoms with E-state index >= 15 is 0 Å². The number of aryl methyl sites for hydroxylation is 1. The van der Waals surface area contributed by atoms with E-state index in [2.05, 4.69) is 15.1 Å². The molecule has 1 saturated carbocycles. The number of alkyl halides is 3. The van der Waals surface area contributed by atoms with Crippen LogP contribution in [0.3, 0.4) is 0 Å². The second-order valence-corrected chi connectivity index (χ2v) is 10.1. The second kappa shape index (κ2) is 9.00. The minimum absolute atomic E-state index is 0.0325. The summed E-state index contributed by atoms with van der Waals surface area (Å²) in [6, 6.07) is 2.73. The van der Waals surface area contributed by atoms with Crippen LogP contribution < -0.4 is 5.56 Å². The molecule has 0 N–H and O–H groups in total. The molecule has 7 nitrogen and oxygen atoms in total. The number of rotatable bonds is 4. The fourth-order valence-electron chi connectivity index (χ4n) is 5.16. The molecule has 0 spiro atoms. The van der Waals surface area contributed by atoms with Crippen LogP contribution in [0.4, 0.5) is 17.6 Å². The van der Waals surface area contributed by atoms with Gasteiger partial charge in [0.05, 0.1) is 35.0 Å². The second-order valence-electron chi connectivity index (χ2n) is 10.1. The van der Waals surface area contributed by atoms with Crippen molar-refractivity contribution in [3.63, 3.8) is 0 Å². The van der Waals surface area contributed by atoms with Crippen molar-refractivity contribution in [2.24, 2.45) is 7.05 Å². The van der Waals surface area contributed by atoms with Gasteiger partial charge in [-0.2, -0.15) is 18.3 Å². The fraction of sp³-hybridized carbons (Fsp3) is 0.407. The first-order valence-corrected chi connectivity index (χ1v) is 12.5. The summed E-state index contributed by atoms with van der Waals surface area (Å²) in [6.45, 7) is 2.11. The van der Waals surface area contributed by atoms with Crippen LogP contribution >= 0.6 is 0 Å². The minimum Gasteiger partial charge on any atom is -0.373 e. The maximum absolute atomic E-state index is 15.0. The summed E-state index contributed by atoms with van der Waals surface area (Å²) in [4.78, 5) is 22.5. The highest BCUT2D eigenvalue weighted by molar-refractivity contribution is 5.93. The normalized spacial score (nSPS) is 20.3. The Kier molecular flexibility index (Phi) is 5.86. The summed E-state index contributed by atoms with van der Waals surface area (Å²) in [5.74, 6) is -0.788. The summed E-state index contributed by atoms with van der Waals surface area (Å²) in [7, 11) is 1.60. The summed E-state index contributed by atoms with van der Waals surface area (Å²) >= 11 is 0. The molecule has 1 aliphatic heterocycles. The quantitative estimate of drug-likeness (QED) is 0.322. The first-order valence-electron chi connectivity index (χ1n) is 12.5. The maximum Gasteiger partial charge on any atom is 0.416 e. The van der Waals surface area contributed by atoms with Crippen molar-refractivity contribution in [2.75, 3.05) is 6.61 Å². The fourth-order valence-corrected chi connectivity index (χ4v) is 5.16. The molecule has 3 aromatic heterocycles. The van der Waals surface area contributed by atoms with Crippen molar-refractivity contribution >= 4 is 10.9 Å². The molecule has 6 rings (SSSR count). The number of nitrogens with zero attached hydrogens (tertiary/aromatic N) is 5. The number of aromatic nitrogens is 5. The predicted octanol–water partition coefficient (Wildman–Crippen LogP) is 5.63. The highest BCUT2D eigenvalue weighted by Crippen LogP contribution is 2.42. The third-order valence-corrected chi connectivity index (χ3v) is 7.55. The Balaban J connectivity index is 1.44. The van der Waals surface area contributed by atoms with Crippen molar-refractivity contribution in [1.29, 1.82) is 0 Å². The third kappa shape index (κ3) is 4.28. The minimum atomic E-state index is -4.68. The van der Waals surface area contributed by atoms with Gasteiger partial charge in [0.1, 0.15) is 17.2 Å². The van der Waals surface area contributed by atoms with Gasteiger partial charge >= 0.3 is 6.18 Å². The van der Waals surface area contributed by atoms with Gasteiger partial charge in [-0.3, -0.25) is 19.0 Å².